The number of para-hydroxylation sites is 1. The Bertz CT molecular complexity index is 632. The lowest BCUT2D eigenvalue weighted by atomic mass is 10.2. The molecule has 2 heterocycles. The van der Waals surface area contributed by atoms with Gasteiger partial charge in [-0.25, -0.2) is 5.10 Å². The summed E-state index contributed by atoms with van der Waals surface area (Å²) in [6.07, 6.45) is 3.70. The Labute approximate surface area is 97.3 Å². The number of nitrogens with zero attached hydrogens (tertiary/aromatic N) is 2. The van der Waals surface area contributed by atoms with Crippen molar-refractivity contribution in [1.29, 1.82) is 0 Å². The van der Waals surface area contributed by atoms with E-state index < -0.39 is 0 Å². The van der Waals surface area contributed by atoms with Crippen LogP contribution in [0.4, 0.5) is 0 Å². The quantitative estimate of drug-likeness (QED) is 0.640. The number of aromatic amines is 1. The van der Waals surface area contributed by atoms with Crippen LogP contribution in [0, 0.1) is 0 Å². The molecule has 4 heteroatoms. The first-order valence-corrected chi connectivity index (χ1v) is 5.33. The van der Waals surface area contributed by atoms with Crippen molar-refractivity contribution >= 4 is 22.5 Å². The van der Waals surface area contributed by atoms with Gasteiger partial charge in [0.05, 0.1) is 0 Å². The van der Waals surface area contributed by atoms with Gasteiger partial charge in [-0.1, -0.05) is 29.8 Å². The standard InChI is InChI=1S/C12H8ClN3/c13-10-8-9-4-1-2-5-11(9)15-12(10)16-7-3-6-14-16/h1-8H/p+1. The summed E-state index contributed by atoms with van der Waals surface area (Å²) >= 11 is 6.19. The predicted octanol–water partition coefficient (Wildman–Crippen LogP) is 2.49. The molecule has 16 heavy (non-hydrogen) atoms. The Morgan fingerprint density at radius 3 is 2.88 bits per heavy atom. The van der Waals surface area contributed by atoms with Crippen LogP contribution in [0.5, 0.6) is 0 Å². The molecule has 0 amide bonds. The van der Waals surface area contributed by atoms with Gasteiger partial charge >= 0.3 is 5.82 Å². The third-order valence-electron chi connectivity index (χ3n) is 2.43. The highest BCUT2D eigenvalue weighted by Gasteiger charge is 2.16. The van der Waals surface area contributed by atoms with Gasteiger partial charge < -0.3 is 0 Å². The van der Waals surface area contributed by atoms with Crippen molar-refractivity contribution in [1.82, 2.24) is 10.1 Å². The molecule has 78 valence electrons. The first-order valence-electron chi connectivity index (χ1n) is 4.95. The Kier molecular flexibility index (Phi) is 2.11. The molecule has 0 atom stereocenters. The maximum absolute atomic E-state index is 6.19. The maximum atomic E-state index is 6.19. The summed E-state index contributed by atoms with van der Waals surface area (Å²) in [6, 6.07) is 11.7. The van der Waals surface area contributed by atoms with E-state index in [9.17, 15) is 0 Å². The first-order chi connectivity index (χ1) is 7.84. The summed E-state index contributed by atoms with van der Waals surface area (Å²) in [5, 5.41) is 4.70. The van der Waals surface area contributed by atoms with Crippen LogP contribution in [0.1, 0.15) is 0 Å². The number of fused-ring (bicyclic) bond motifs is 1. The number of nitrogens with one attached hydrogen (secondary N) is 1. The number of pyridine rings is 1. The Hall–Kier alpha value is -1.87. The van der Waals surface area contributed by atoms with Crippen LogP contribution in [0.15, 0.2) is 48.8 Å². The zero-order valence-corrected chi connectivity index (χ0v) is 9.15. The molecule has 0 saturated carbocycles. The lowest BCUT2D eigenvalue weighted by Gasteiger charge is -1.96. The molecule has 0 spiro atoms. The molecule has 0 aliphatic heterocycles. The summed E-state index contributed by atoms with van der Waals surface area (Å²) in [5.74, 6) is 0.713. The fourth-order valence-electron chi connectivity index (χ4n) is 1.68. The number of aromatic nitrogens is 3. The molecule has 3 nitrogen and oxygen atoms in total. The molecule has 2 aromatic heterocycles. The van der Waals surface area contributed by atoms with Crippen molar-refractivity contribution in [2.75, 3.05) is 0 Å². The molecular weight excluding hydrogens is 222 g/mol. The number of hydrogen-bond donors (Lipinski definition) is 1. The third kappa shape index (κ3) is 1.46. The topological polar surface area (TPSA) is 32.6 Å². The van der Waals surface area contributed by atoms with Gasteiger partial charge in [-0.15, -0.1) is 4.68 Å². The lowest BCUT2D eigenvalue weighted by Crippen LogP contribution is -2.33. The molecule has 0 fully saturated rings. The van der Waals surface area contributed by atoms with Gasteiger partial charge in [-0.3, -0.25) is 0 Å². The largest absolute Gasteiger partial charge is 0.365 e. The minimum Gasteiger partial charge on any atom is -0.231 e. The van der Waals surface area contributed by atoms with Crippen molar-refractivity contribution in [3.8, 4) is 5.82 Å². The summed E-state index contributed by atoms with van der Waals surface area (Å²) in [6.45, 7) is 0. The van der Waals surface area contributed by atoms with E-state index in [-0.39, 0.29) is 0 Å². The summed E-state index contributed by atoms with van der Waals surface area (Å²) in [5.41, 5.74) is 0.934. The second-order valence-electron chi connectivity index (χ2n) is 3.49. The van der Waals surface area contributed by atoms with Gasteiger partial charge in [0.1, 0.15) is 11.2 Å². The minimum absolute atomic E-state index is 0.631. The highest BCUT2D eigenvalue weighted by atomic mass is 35.5. The normalized spacial score (nSPS) is 10.8. The van der Waals surface area contributed by atoms with Crippen LogP contribution in [-0.4, -0.2) is 10.1 Å². The van der Waals surface area contributed by atoms with Crippen molar-refractivity contribution in [3.05, 3.63) is 53.8 Å². The van der Waals surface area contributed by atoms with Crippen LogP contribution in [0.3, 0.4) is 0 Å². The zero-order chi connectivity index (χ0) is 11.0. The fourth-order valence-corrected chi connectivity index (χ4v) is 1.93. The second kappa shape index (κ2) is 3.61. The average molecular weight is 231 g/mol. The summed E-state index contributed by atoms with van der Waals surface area (Å²) < 4.78 is 1.79. The van der Waals surface area contributed by atoms with Crippen LogP contribution in [-0.2, 0) is 0 Å². The van der Waals surface area contributed by atoms with E-state index in [0.717, 1.165) is 10.9 Å². The third-order valence-corrected chi connectivity index (χ3v) is 2.71. The van der Waals surface area contributed by atoms with E-state index >= 15 is 0 Å². The number of H-pyrrole nitrogens is 1. The molecule has 0 saturated heterocycles. The van der Waals surface area contributed by atoms with Crippen molar-refractivity contribution in [3.63, 3.8) is 0 Å². The van der Waals surface area contributed by atoms with Gasteiger partial charge in [0.15, 0.2) is 5.52 Å². The predicted molar refractivity (Wildman–Crippen MR) is 62.6 cm³/mol. The van der Waals surface area contributed by atoms with Crippen LogP contribution >= 0.6 is 11.6 Å². The highest BCUT2D eigenvalue weighted by molar-refractivity contribution is 6.32. The Morgan fingerprint density at radius 1 is 1.19 bits per heavy atom. The van der Waals surface area contributed by atoms with Gasteiger partial charge in [-0.2, -0.15) is 0 Å². The van der Waals surface area contributed by atoms with E-state index in [1.807, 2.05) is 48.8 Å². The number of halogens is 1. The molecule has 0 bridgehead atoms. The van der Waals surface area contributed by atoms with Gasteiger partial charge in [0.25, 0.3) is 0 Å². The van der Waals surface area contributed by atoms with E-state index in [1.54, 1.807) is 4.68 Å². The zero-order valence-electron chi connectivity index (χ0n) is 8.39. The second-order valence-corrected chi connectivity index (χ2v) is 3.90. The molecule has 0 unspecified atom stereocenters. The molecule has 3 rings (SSSR count). The molecule has 1 aromatic carbocycles. The van der Waals surface area contributed by atoms with Crippen LogP contribution in [0.2, 0.25) is 5.02 Å². The highest BCUT2D eigenvalue weighted by Crippen LogP contribution is 2.20. The number of hydrogen-bond acceptors (Lipinski definition) is 1. The Morgan fingerprint density at radius 2 is 2.06 bits per heavy atom. The van der Waals surface area contributed by atoms with E-state index in [4.69, 9.17) is 11.6 Å². The Balaban J connectivity index is 2.30. The van der Waals surface area contributed by atoms with Gasteiger partial charge in [0, 0.05) is 11.6 Å². The van der Waals surface area contributed by atoms with E-state index in [1.165, 1.54) is 0 Å². The average Bonchev–Trinajstić information content (AvgIpc) is 2.81. The monoisotopic (exact) mass is 230 g/mol. The molecule has 3 aromatic rings. The summed E-state index contributed by atoms with van der Waals surface area (Å²) in [7, 11) is 0. The van der Waals surface area contributed by atoms with Crippen molar-refractivity contribution < 1.29 is 4.68 Å². The molecule has 0 aliphatic rings. The summed E-state index contributed by atoms with van der Waals surface area (Å²) in [4.78, 5) is 4.52. The molecule has 1 N–H and O–H groups in total. The van der Waals surface area contributed by atoms with Crippen molar-refractivity contribution in [2.45, 2.75) is 0 Å². The van der Waals surface area contributed by atoms with Crippen LogP contribution < -0.4 is 4.68 Å². The van der Waals surface area contributed by atoms with Gasteiger partial charge in [0.2, 0.25) is 0 Å². The minimum atomic E-state index is 0.631. The number of benzene rings is 1. The molecule has 0 aliphatic carbocycles. The van der Waals surface area contributed by atoms with Crippen LogP contribution in [0.25, 0.3) is 16.7 Å². The maximum Gasteiger partial charge on any atom is 0.365 e. The van der Waals surface area contributed by atoms with Gasteiger partial charge in [-0.05, 0) is 23.2 Å². The van der Waals surface area contributed by atoms with Crippen molar-refractivity contribution in [2.24, 2.45) is 0 Å². The number of rotatable bonds is 1. The fraction of sp³-hybridized carbons (Fsp3) is 0. The SMILES string of the molecule is Clc1cc2ccccc2nc1-[n+]1ccc[nH]1. The molecule has 0 radical (unpaired) electrons. The van der Waals surface area contributed by atoms with E-state index in [2.05, 4.69) is 10.1 Å². The lowest BCUT2D eigenvalue weighted by molar-refractivity contribution is -0.658. The first kappa shape index (κ1) is 9.36. The smallest absolute Gasteiger partial charge is 0.231 e. The van der Waals surface area contributed by atoms with E-state index in [0.29, 0.717) is 10.8 Å². The molecular formula is C12H9ClN3+.